The summed E-state index contributed by atoms with van der Waals surface area (Å²) in [6.45, 7) is 3.37. The molecule has 1 aromatic heterocycles. The van der Waals surface area contributed by atoms with Crippen LogP contribution in [0.3, 0.4) is 0 Å². The van der Waals surface area contributed by atoms with Crippen LogP contribution >= 0.6 is 0 Å². The van der Waals surface area contributed by atoms with Gasteiger partial charge in [0.05, 0.1) is 31.4 Å². The molecule has 0 aromatic carbocycles. The molecule has 0 fully saturated rings. The number of methoxy groups -OCH3 is 2. The number of hydrogen-bond acceptors (Lipinski definition) is 8. The van der Waals surface area contributed by atoms with Gasteiger partial charge in [0, 0.05) is 17.3 Å². The highest BCUT2D eigenvalue weighted by molar-refractivity contribution is 5.98. The molecule has 2 heterocycles. The molecule has 1 N–H and O–H groups in total. The predicted octanol–water partition coefficient (Wildman–Crippen LogP) is 2.31. The van der Waals surface area contributed by atoms with Gasteiger partial charge in [-0.2, -0.15) is 0 Å². The fourth-order valence-electron chi connectivity index (χ4n) is 2.72. The summed E-state index contributed by atoms with van der Waals surface area (Å²) in [5.41, 5.74) is 1.52. The molecule has 0 saturated carbocycles. The summed E-state index contributed by atoms with van der Waals surface area (Å²) < 4.78 is 14.7. The van der Waals surface area contributed by atoms with E-state index in [1.807, 2.05) is 0 Å². The standard InChI is InChI=1S/C17H18N2O7/c1-9-14(16(20)24-3)12(15(10(2)18-9)17(21)25-4)7-5-11-6-8-13(26-11)19(22)23/h5-8,12,18H,1-4H3/b7-5+. The number of hydrogen-bond donors (Lipinski definition) is 1. The largest absolute Gasteiger partial charge is 0.466 e. The van der Waals surface area contributed by atoms with Gasteiger partial charge < -0.3 is 19.2 Å². The Morgan fingerprint density at radius 1 is 1.15 bits per heavy atom. The zero-order valence-corrected chi connectivity index (χ0v) is 14.7. The number of carbonyl (C=O) groups excluding carboxylic acids is 2. The first-order valence-electron chi connectivity index (χ1n) is 7.57. The van der Waals surface area contributed by atoms with E-state index in [0.29, 0.717) is 11.4 Å². The van der Waals surface area contributed by atoms with E-state index >= 15 is 0 Å². The third kappa shape index (κ3) is 3.66. The van der Waals surface area contributed by atoms with Crippen LogP contribution in [0.2, 0.25) is 0 Å². The number of nitrogens with zero attached hydrogens (tertiary/aromatic N) is 1. The van der Waals surface area contributed by atoms with Gasteiger partial charge in [0.1, 0.15) is 10.7 Å². The molecular weight excluding hydrogens is 344 g/mol. The normalized spacial score (nSPS) is 15.2. The second-order valence-corrected chi connectivity index (χ2v) is 5.46. The van der Waals surface area contributed by atoms with Crippen molar-refractivity contribution < 1.29 is 28.4 Å². The molecule has 0 amide bonds. The van der Waals surface area contributed by atoms with Crippen molar-refractivity contribution in [3.05, 3.63) is 56.6 Å². The van der Waals surface area contributed by atoms with Gasteiger partial charge in [0.15, 0.2) is 0 Å². The van der Waals surface area contributed by atoms with Crippen molar-refractivity contribution in [2.24, 2.45) is 5.92 Å². The summed E-state index contributed by atoms with van der Waals surface area (Å²) in [5.74, 6) is -2.18. The summed E-state index contributed by atoms with van der Waals surface area (Å²) in [7, 11) is 2.48. The van der Waals surface area contributed by atoms with Crippen molar-refractivity contribution in [1.29, 1.82) is 0 Å². The average Bonchev–Trinajstić information content (AvgIpc) is 3.07. The number of esters is 2. The number of nitrogens with one attached hydrogen (secondary N) is 1. The van der Waals surface area contributed by atoms with Crippen LogP contribution in [0, 0.1) is 16.0 Å². The number of furan rings is 1. The average molecular weight is 362 g/mol. The molecule has 26 heavy (non-hydrogen) atoms. The second kappa shape index (κ2) is 7.68. The number of allylic oxidation sites excluding steroid dienone is 3. The van der Waals surface area contributed by atoms with Crippen LogP contribution in [-0.2, 0) is 19.1 Å². The van der Waals surface area contributed by atoms with Gasteiger partial charge in [0.2, 0.25) is 0 Å². The van der Waals surface area contributed by atoms with Gasteiger partial charge >= 0.3 is 17.8 Å². The fourth-order valence-corrected chi connectivity index (χ4v) is 2.72. The molecule has 0 radical (unpaired) electrons. The Bertz CT molecular complexity index is 807. The van der Waals surface area contributed by atoms with Crippen LogP contribution in [0.1, 0.15) is 19.6 Å². The zero-order chi connectivity index (χ0) is 19.4. The first-order chi connectivity index (χ1) is 12.3. The van der Waals surface area contributed by atoms with Gasteiger partial charge in [0.25, 0.3) is 0 Å². The van der Waals surface area contributed by atoms with E-state index in [1.54, 1.807) is 13.8 Å². The van der Waals surface area contributed by atoms with Crippen molar-refractivity contribution in [1.82, 2.24) is 5.32 Å². The Labute approximate surface area is 149 Å². The minimum atomic E-state index is -0.764. The molecule has 138 valence electrons. The lowest BCUT2D eigenvalue weighted by atomic mass is 9.85. The van der Waals surface area contributed by atoms with E-state index in [2.05, 4.69) is 5.32 Å². The highest BCUT2D eigenvalue weighted by Gasteiger charge is 2.34. The first kappa shape index (κ1) is 19.0. The van der Waals surface area contributed by atoms with Crippen molar-refractivity contribution in [2.75, 3.05) is 14.2 Å². The lowest BCUT2D eigenvalue weighted by Gasteiger charge is -2.27. The van der Waals surface area contributed by atoms with Gasteiger partial charge in [-0.3, -0.25) is 10.1 Å². The molecule has 0 unspecified atom stereocenters. The van der Waals surface area contributed by atoms with E-state index in [-0.39, 0.29) is 16.9 Å². The molecule has 1 aliphatic rings. The van der Waals surface area contributed by atoms with Crippen LogP contribution in [0.15, 0.2) is 45.2 Å². The Kier molecular flexibility index (Phi) is 5.61. The molecule has 1 aromatic rings. The van der Waals surface area contributed by atoms with Gasteiger partial charge in [-0.05, 0) is 26.0 Å². The summed E-state index contributed by atoms with van der Waals surface area (Å²) in [6.07, 6.45) is 2.99. The maximum absolute atomic E-state index is 12.2. The molecule has 9 nitrogen and oxygen atoms in total. The number of nitro groups is 1. The minimum absolute atomic E-state index is 0.207. The van der Waals surface area contributed by atoms with E-state index < -0.39 is 28.7 Å². The first-order valence-corrected chi connectivity index (χ1v) is 7.57. The van der Waals surface area contributed by atoms with Gasteiger partial charge in [-0.15, -0.1) is 0 Å². The second-order valence-electron chi connectivity index (χ2n) is 5.46. The number of carbonyl (C=O) groups is 2. The zero-order valence-electron chi connectivity index (χ0n) is 14.7. The molecule has 9 heteroatoms. The summed E-state index contributed by atoms with van der Waals surface area (Å²) in [6, 6.07) is 2.63. The van der Waals surface area contributed by atoms with Crippen molar-refractivity contribution in [2.45, 2.75) is 13.8 Å². The Morgan fingerprint density at radius 2 is 1.69 bits per heavy atom. The lowest BCUT2D eigenvalue weighted by molar-refractivity contribution is -0.402. The Balaban J connectivity index is 2.49. The SMILES string of the molecule is COC(=O)C1=C(C)NC(C)=C(C(=O)OC)C1/C=C/c1ccc([N+](=O)[O-])o1. The van der Waals surface area contributed by atoms with E-state index in [0.717, 1.165) is 0 Å². The van der Waals surface area contributed by atoms with E-state index in [1.165, 1.54) is 38.5 Å². The van der Waals surface area contributed by atoms with E-state index in [4.69, 9.17) is 13.9 Å². The van der Waals surface area contributed by atoms with Crippen LogP contribution in [0.4, 0.5) is 5.88 Å². The number of rotatable bonds is 5. The minimum Gasteiger partial charge on any atom is -0.466 e. The molecule has 0 aliphatic carbocycles. The molecule has 0 saturated heterocycles. The fraction of sp³-hybridized carbons (Fsp3) is 0.294. The van der Waals surface area contributed by atoms with Crippen LogP contribution in [0.25, 0.3) is 6.08 Å². The third-order valence-corrected chi connectivity index (χ3v) is 3.86. The van der Waals surface area contributed by atoms with E-state index in [9.17, 15) is 19.7 Å². The van der Waals surface area contributed by atoms with Gasteiger partial charge in [-0.25, -0.2) is 9.59 Å². The molecule has 1 aliphatic heterocycles. The van der Waals surface area contributed by atoms with Crippen molar-refractivity contribution >= 4 is 23.9 Å². The number of dihydropyridines is 1. The Hall–Kier alpha value is -3.36. The van der Waals surface area contributed by atoms with Crippen molar-refractivity contribution in [3.63, 3.8) is 0 Å². The summed E-state index contributed by atoms with van der Waals surface area (Å²) in [4.78, 5) is 34.5. The highest BCUT2D eigenvalue weighted by Crippen LogP contribution is 2.33. The highest BCUT2D eigenvalue weighted by atomic mass is 16.6. The van der Waals surface area contributed by atoms with Crippen LogP contribution in [0.5, 0.6) is 0 Å². The van der Waals surface area contributed by atoms with Crippen LogP contribution < -0.4 is 5.32 Å². The molecule has 0 atom stereocenters. The smallest absolute Gasteiger partial charge is 0.433 e. The monoisotopic (exact) mass is 362 g/mol. The molecule has 2 rings (SSSR count). The molecular formula is C17H18N2O7. The molecule has 0 spiro atoms. The van der Waals surface area contributed by atoms with Crippen molar-refractivity contribution in [3.8, 4) is 0 Å². The molecule has 0 bridgehead atoms. The van der Waals surface area contributed by atoms with Gasteiger partial charge in [-0.1, -0.05) is 6.08 Å². The Morgan fingerprint density at radius 3 is 2.12 bits per heavy atom. The van der Waals surface area contributed by atoms with Crippen LogP contribution in [-0.4, -0.2) is 31.1 Å². The third-order valence-electron chi connectivity index (χ3n) is 3.86. The maximum Gasteiger partial charge on any atom is 0.433 e. The summed E-state index contributed by atoms with van der Waals surface area (Å²) in [5, 5.41) is 13.7. The topological polar surface area (TPSA) is 121 Å². The quantitative estimate of drug-likeness (QED) is 0.481. The lowest BCUT2D eigenvalue weighted by Crippen LogP contribution is -2.32. The predicted molar refractivity (Wildman–Crippen MR) is 90.5 cm³/mol. The number of ether oxygens (including phenoxy) is 2. The summed E-state index contributed by atoms with van der Waals surface area (Å²) >= 11 is 0. The maximum atomic E-state index is 12.2.